The van der Waals surface area contributed by atoms with E-state index in [0.717, 1.165) is 27.3 Å². The van der Waals surface area contributed by atoms with Crippen LogP contribution >= 0.6 is 11.3 Å². The SMILES string of the molecule is CC(C)(NCC(=O)Nc1nc2ccccc2s1)c1ccc2c(c1)OCO2. The van der Waals surface area contributed by atoms with Crippen LogP contribution in [0.3, 0.4) is 0 Å². The molecule has 0 saturated heterocycles. The molecule has 6 nitrogen and oxygen atoms in total. The number of anilines is 1. The fourth-order valence-electron chi connectivity index (χ4n) is 2.78. The van der Waals surface area contributed by atoms with Crippen LogP contribution in [-0.4, -0.2) is 24.2 Å². The van der Waals surface area contributed by atoms with Gasteiger partial charge in [0, 0.05) is 5.54 Å². The smallest absolute Gasteiger partial charge is 0.240 e. The van der Waals surface area contributed by atoms with Crippen molar-refractivity contribution in [2.24, 2.45) is 0 Å². The Balaban J connectivity index is 1.39. The largest absolute Gasteiger partial charge is 0.454 e. The molecule has 0 aliphatic carbocycles. The fraction of sp³-hybridized carbons (Fsp3) is 0.263. The zero-order valence-electron chi connectivity index (χ0n) is 14.5. The Labute approximate surface area is 155 Å². The Kier molecular flexibility index (Phi) is 4.26. The van der Waals surface area contributed by atoms with Gasteiger partial charge in [0.05, 0.1) is 16.8 Å². The zero-order chi connectivity index (χ0) is 18.1. The number of para-hydroxylation sites is 1. The summed E-state index contributed by atoms with van der Waals surface area (Å²) in [6.07, 6.45) is 0. The van der Waals surface area contributed by atoms with E-state index in [0.29, 0.717) is 5.13 Å². The zero-order valence-corrected chi connectivity index (χ0v) is 15.4. The van der Waals surface area contributed by atoms with Gasteiger partial charge in [-0.05, 0) is 43.7 Å². The highest BCUT2D eigenvalue weighted by atomic mass is 32.1. The van der Waals surface area contributed by atoms with E-state index in [2.05, 4.69) is 15.6 Å². The maximum atomic E-state index is 12.3. The first-order valence-electron chi connectivity index (χ1n) is 8.32. The summed E-state index contributed by atoms with van der Waals surface area (Å²) in [4.78, 5) is 16.7. The van der Waals surface area contributed by atoms with Crippen LogP contribution in [0.25, 0.3) is 10.2 Å². The number of thiazole rings is 1. The van der Waals surface area contributed by atoms with E-state index in [1.807, 2.05) is 56.3 Å². The number of hydrogen-bond donors (Lipinski definition) is 2. The monoisotopic (exact) mass is 369 g/mol. The number of nitrogens with one attached hydrogen (secondary N) is 2. The van der Waals surface area contributed by atoms with Gasteiger partial charge in [-0.2, -0.15) is 0 Å². The van der Waals surface area contributed by atoms with Gasteiger partial charge in [-0.15, -0.1) is 0 Å². The second kappa shape index (κ2) is 6.59. The number of hydrogen-bond acceptors (Lipinski definition) is 6. The molecule has 2 aromatic carbocycles. The minimum atomic E-state index is -0.397. The van der Waals surface area contributed by atoms with Crippen LogP contribution in [0, 0.1) is 0 Å². The molecule has 2 heterocycles. The second-order valence-electron chi connectivity index (χ2n) is 6.58. The first-order chi connectivity index (χ1) is 12.5. The van der Waals surface area contributed by atoms with E-state index in [1.54, 1.807) is 0 Å². The molecule has 7 heteroatoms. The van der Waals surface area contributed by atoms with Gasteiger partial charge in [-0.3, -0.25) is 10.1 Å². The average molecular weight is 369 g/mol. The normalized spacial score (nSPS) is 13.2. The maximum Gasteiger partial charge on any atom is 0.240 e. The van der Waals surface area contributed by atoms with Crippen molar-refractivity contribution in [3.05, 3.63) is 48.0 Å². The van der Waals surface area contributed by atoms with Crippen molar-refractivity contribution in [3.8, 4) is 11.5 Å². The summed E-state index contributed by atoms with van der Waals surface area (Å²) in [5, 5.41) is 6.76. The topological polar surface area (TPSA) is 72.5 Å². The Morgan fingerprint density at radius 3 is 2.85 bits per heavy atom. The number of ether oxygens (including phenoxy) is 2. The number of carbonyl (C=O) groups excluding carboxylic acids is 1. The molecule has 1 aliphatic heterocycles. The lowest BCUT2D eigenvalue weighted by Crippen LogP contribution is -2.41. The molecule has 0 saturated carbocycles. The van der Waals surface area contributed by atoms with Crippen molar-refractivity contribution < 1.29 is 14.3 Å². The number of nitrogens with zero attached hydrogens (tertiary/aromatic N) is 1. The molecular formula is C19H19N3O3S. The Morgan fingerprint density at radius 2 is 2.00 bits per heavy atom. The molecule has 1 aromatic heterocycles. The molecular weight excluding hydrogens is 350 g/mol. The highest BCUT2D eigenvalue weighted by Crippen LogP contribution is 2.35. The third kappa shape index (κ3) is 3.36. The van der Waals surface area contributed by atoms with Crippen molar-refractivity contribution in [1.29, 1.82) is 0 Å². The van der Waals surface area contributed by atoms with E-state index < -0.39 is 5.54 Å². The maximum absolute atomic E-state index is 12.3. The molecule has 4 rings (SSSR count). The van der Waals surface area contributed by atoms with Gasteiger partial charge >= 0.3 is 0 Å². The van der Waals surface area contributed by atoms with E-state index >= 15 is 0 Å². The van der Waals surface area contributed by atoms with Crippen LogP contribution in [0.1, 0.15) is 19.4 Å². The number of fused-ring (bicyclic) bond motifs is 2. The summed E-state index contributed by atoms with van der Waals surface area (Å²) in [6.45, 7) is 4.47. The Hall–Kier alpha value is -2.64. The molecule has 1 aliphatic rings. The molecule has 26 heavy (non-hydrogen) atoms. The molecule has 134 valence electrons. The molecule has 3 aromatic rings. The standard InChI is InChI=1S/C19H19N3O3S/c1-19(2,12-7-8-14-15(9-12)25-11-24-14)20-10-17(23)22-18-21-13-5-3-4-6-16(13)26-18/h3-9,20H,10-11H2,1-2H3,(H,21,22,23). The number of amides is 1. The molecule has 0 spiro atoms. The van der Waals surface area contributed by atoms with E-state index in [4.69, 9.17) is 9.47 Å². The van der Waals surface area contributed by atoms with E-state index in [1.165, 1.54) is 11.3 Å². The number of aromatic nitrogens is 1. The molecule has 0 bridgehead atoms. The summed E-state index contributed by atoms with van der Waals surface area (Å²) in [7, 11) is 0. The fourth-order valence-corrected chi connectivity index (χ4v) is 3.66. The summed E-state index contributed by atoms with van der Waals surface area (Å²) in [5.41, 5.74) is 1.52. The quantitative estimate of drug-likeness (QED) is 0.720. The van der Waals surface area contributed by atoms with Crippen molar-refractivity contribution >= 4 is 32.6 Å². The first kappa shape index (κ1) is 16.8. The Morgan fingerprint density at radius 1 is 1.19 bits per heavy atom. The van der Waals surface area contributed by atoms with Gasteiger partial charge in [0.15, 0.2) is 16.6 Å². The molecule has 0 radical (unpaired) electrons. The predicted octanol–water partition coefficient (Wildman–Crippen LogP) is 3.49. The summed E-state index contributed by atoms with van der Waals surface area (Å²) >= 11 is 1.47. The molecule has 1 amide bonds. The highest BCUT2D eigenvalue weighted by molar-refractivity contribution is 7.22. The summed E-state index contributed by atoms with van der Waals surface area (Å²) in [6, 6.07) is 13.6. The Bertz CT molecular complexity index is 935. The average Bonchev–Trinajstić information content (AvgIpc) is 3.25. The van der Waals surface area contributed by atoms with Crippen molar-refractivity contribution in [1.82, 2.24) is 10.3 Å². The number of carbonyl (C=O) groups is 1. The van der Waals surface area contributed by atoms with Crippen molar-refractivity contribution in [3.63, 3.8) is 0 Å². The third-order valence-corrected chi connectivity index (χ3v) is 5.28. The van der Waals surface area contributed by atoms with E-state index in [9.17, 15) is 4.79 Å². The first-order valence-corrected chi connectivity index (χ1v) is 9.13. The number of benzene rings is 2. The molecule has 2 N–H and O–H groups in total. The minimum absolute atomic E-state index is 0.127. The van der Waals surface area contributed by atoms with Crippen molar-refractivity contribution in [2.75, 3.05) is 18.7 Å². The highest BCUT2D eigenvalue weighted by Gasteiger charge is 2.24. The van der Waals surface area contributed by atoms with Gasteiger partial charge < -0.3 is 14.8 Å². The van der Waals surface area contributed by atoms with Gasteiger partial charge in [-0.1, -0.05) is 29.5 Å². The lowest BCUT2D eigenvalue weighted by Gasteiger charge is -2.27. The van der Waals surface area contributed by atoms with E-state index in [-0.39, 0.29) is 19.2 Å². The van der Waals surface area contributed by atoms with Gasteiger partial charge in [-0.25, -0.2) is 4.98 Å². The lowest BCUT2D eigenvalue weighted by atomic mass is 9.94. The molecule has 0 fully saturated rings. The van der Waals surface area contributed by atoms with Gasteiger partial charge in [0.25, 0.3) is 0 Å². The van der Waals surface area contributed by atoms with Gasteiger partial charge in [0.1, 0.15) is 0 Å². The lowest BCUT2D eigenvalue weighted by molar-refractivity contribution is -0.115. The van der Waals surface area contributed by atoms with Crippen LogP contribution in [0.15, 0.2) is 42.5 Å². The summed E-state index contributed by atoms with van der Waals surface area (Å²) < 4.78 is 11.8. The molecule has 0 unspecified atom stereocenters. The van der Waals surface area contributed by atoms with Crippen LogP contribution in [0.5, 0.6) is 11.5 Å². The minimum Gasteiger partial charge on any atom is -0.454 e. The molecule has 0 atom stereocenters. The summed E-state index contributed by atoms with van der Waals surface area (Å²) in [5.74, 6) is 1.35. The van der Waals surface area contributed by atoms with Crippen molar-refractivity contribution in [2.45, 2.75) is 19.4 Å². The second-order valence-corrected chi connectivity index (χ2v) is 7.61. The van der Waals surface area contributed by atoms with Crippen LogP contribution < -0.4 is 20.1 Å². The van der Waals surface area contributed by atoms with Crippen LogP contribution in [0.2, 0.25) is 0 Å². The van der Waals surface area contributed by atoms with Crippen LogP contribution in [-0.2, 0) is 10.3 Å². The van der Waals surface area contributed by atoms with Gasteiger partial charge in [0.2, 0.25) is 12.7 Å². The number of rotatable bonds is 5. The predicted molar refractivity (Wildman–Crippen MR) is 102 cm³/mol. The third-order valence-electron chi connectivity index (χ3n) is 4.33. The van der Waals surface area contributed by atoms with Crippen LogP contribution in [0.4, 0.5) is 5.13 Å².